The van der Waals surface area contributed by atoms with Crippen molar-refractivity contribution in [3.63, 3.8) is 0 Å². The number of ether oxygens (including phenoxy) is 5. The summed E-state index contributed by atoms with van der Waals surface area (Å²) >= 11 is 0. The Morgan fingerprint density at radius 3 is 1.82 bits per heavy atom. The van der Waals surface area contributed by atoms with Crippen molar-refractivity contribution in [1.29, 1.82) is 0 Å². The van der Waals surface area contributed by atoms with E-state index in [0.717, 1.165) is 25.7 Å². The van der Waals surface area contributed by atoms with Crippen molar-refractivity contribution in [2.45, 2.75) is 56.5 Å². The highest BCUT2D eigenvalue weighted by molar-refractivity contribution is 5.75. The molecule has 0 aromatic heterocycles. The molecule has 7 heteroatoms. The Hall–Kier alpha value is -2.61. The molecule has 1 saturated carbocycles. The predicted molar refractivity (Wildman–Crippen MR) is 128 cm³/mol. The largest absolute Gasteiger partial charge is 0.497 e. The molecule has 4 atom stereocenters. The van der Waals surface area contributed by atoms with Gasteiger partial charge in [0.2, 0.25) is 0 Å². The van der Waals surface area contributed by atoms with Gasteiger partial charge >= 0.3 is 5.97 Å². The fourth-order valence-corrected chi connectivity index (χ4v) is 4.67. The molecule has 1 N–H and O–H groups in total. The Bertz CT molecular complexity index is 875. The second-order valence-electron chi connectivity index (χ2n) is 8.59. The van der Waals surface area contributed by atoms with Gasteiger partial charge in [0.1, 0.15) is 23.7 Å². The summed E-state index contributed by atoms with van der Waals surface area (Å²) in [5.74, 6) is 1.03. The molecule has 0 amide bonds. The van der Waals surface area contributed by atoms with Gasteiger partial charge in [0.15, 0.2) is 6.10 Å². The number of methoxy groups -OCH3 is 4. The van der Waals surface area contributed by atoms with Crippen LogP contribution in [0.4, 0.5) is 0 Å². The van der Waals surface area contributed by atoms with Crippen molar-refractivity contribution in [3.05, 3.63) is 59.7 Å². The fourth-order valence-electron chi connectivity index (χ4n) is 4.67. The van der Waals surface area contributed by atoms with Gasteiger partial charge in [-0.2, -0.15) is 0 Å². The maximum Gasteiger partial charge on any atom is 0.337 e. The highest BCUT2D eigenvalue weighted by Crippen LogP contribution is 2.38. The molecule has 34 heavy (non-hydrogen) atoms. The van der Waals surface area contributed by atoms with Crippen molar-refractivity contribution in [2.24, 2.45) is 5.92 Å². The van der Waals surface area contributed by atoms with Crippen LogP contribution >= 0.6 is 0 Å². The maximum atomic E-state index is 12.9. The van der Waals surface area contributed by atoms with Crippen molar-refractivity contribution in [1.82, 2.24) is 0 Å². The van der Waals surface area contributed by atoms with E-state index in [1.54, 1.807) is 57.7 Å². The normalized spacial score (nSPS) is 17.9. The molecule has 0 radical (unpaired) electrons. The fraction of sp³-hybridized carbons (Fsp3) is 0.519. The van der Waals surface area contributed by atoms with Crippen LogP contribution in [-0.2, 0) is 19.0 Å². The van der Waals surface area contributed by atoms with Crippen molar-refractivity contribution in [2.75, 3.05) is 28.4 Å². The van der Waals surface area contributed by atoms with Gasteiger partial charge in [0.25, 0.3) is 0 Å². The monoisotopic (exact) mass is 472 g/mol. The minimum absolute atomic E-state index is 0.178. The molecule has 0 unspecified atom stereocenters. The van der Waals surface area contributed by atoms with E-state index in [0.29, 0.717) is 22.6 Å². The van der Waals surface area contributed by atoms with Crippen molar-refractivity contribution in [3.8, 4) is 11.5 Å². The summed E-state index contributed by atoms with van der Waals surface area (Å²) in [5, 5.41) is 11.4. The summed E-state index contributed by atoms with van der Waals surface area (Å²) in [7, 11) is 6.12. The Balaban J connectivity index is 1.96. The van der Waals surface area contributed by atoms with Gasteiger partial charge in [0.05, 0.1) is 27.4 Å². The third-order valence-electron chi connectivity index (χ3n) is 6.60. The molecular formula is C27H36O7. The molecule has 0 aliphatic heterocycles. The van der Waals surface area contributed by atoms with E-state index in [-0.39, 0.29) is 5.92 Å². The lowest BCUT2D eigenvalue weighted by molar-refractivity contribution is -0.184. The first kappa shape index (κ1) is 26.0. The van der Waals surface area contributed by atoms with Crippen LogP contribution in [0.5, 0.6) is 11.5 Å². The summed E-state index contributed by atoms with van der Waals surface area (Å²) in [6, 6.07) is 14.4. The first-order chi connectivity index (χ1) is 16.5. The van der Waals surface area contributed by atoms with E-state index in [4.69, 9.17) is 23.7 Å². The van der Waals surface area contributed by atoms with Crippen LogP contribution in [0.25, 0.3) is 0 Å². The average Bonchev–Trinajstić information content (AvgIpc) is 2.91. The van der Waals surface area contributed by atoms with E-state index in [2.05, 4.69) is 0 Å². The van der Waals surface area contributed by atoms with Gasteiger partial charge in [0, 0.05) is 7.11 Å². The first-order valence-electron chi connectivity index (χ1n) is 11.7. The minimum atomic E-state index is -1.05. The smallest absolute Gasteiger partial charge is 0.337 e. The zero-order valence-corrected chi connectivity index (χ0v) is 20.4. The van der Waals surface area contributed by atoms with Crippen LogP contribution in [0.2, 0.25) is 0 Å². The number of benzene rings is 2. The number of aliphatic hydroxyl groups is 1. The maximum absolute atomic E-state index is 12.9. The number of rotatable bonds is 11. The summed E-state index contributed by atoms with van der Waals surface area (Å²) in [6.45, 7) is 0. The molecule has 0 saturated heterocycles. The Morgan fingerprint density at radius 1 is 0.824 bits per heavy atom. The van der Waals surface area contributed by atoms with Gasteiger partial charge in [-0.25, -0.2) is 4.79 Å². The van der Waals surface area contributed by atoms with Crippen molar-refractivity contribution < 1.29 is 33.6 Å². The van der Waals surface area contributed by atoms with Crippen LogP contribution in [0.3, 0.4) is 0 Å². The van der Waals surface area contributed by atoms with E-state index in [1.165, 1.54) is 13.5 Å². The number of aliphatic hydroxyl groups excluding tert-OH is 1. The van der Waals surface area contributed by atoms with Crippen LogP contribution in [0.15, 0.2) is 48.5 Å². The first-order valence-corrected chi connectivity index (χ1v) is 11.7. The summed E-state index contributed by atoms with van der Waals surface area (Å²) in [6.07, 6.45) is 1.94. The molecule has 0 bridgehead atoms. The summed E-state index contributed by atoms with van der Waals surface area (Å²) in [5.41, 5.74) is 1.34. The lowest BCUT2D eigenvalue weighted by Crippen LogP contribution is -2.45. The summed E-state index contributed by atoms with van der Waals surface area (Å²) < 4.78 is 27.9. The molecule has 1 aliphatic carbocycles. The third kappa shape index (κ3) is 6.29. The zero-order chi connectivity index (χ0) is 24.5. The van der Waals surface area contributed by atoms with Crippen LogP contribution in [-0.4, -0.2) is 51.7 Å². The number of hydrogen-bond donors (Lipinski definition) is 1. The zero-order valence-electron chi connectivity index (χ0n) is 20.4. The van der Waals surface area contributed by atoms with Crippen LogP contribution in [0, 0.1) is 5.92 Å². The van der Waals surface area contributed by atoms with Gasteiger partial charge < -0.3 is 28.8 Å². The standard InChI is InChI=1S/C27H36O7/c1-30-21-14-10-18(11-15-21)23(28)24(20-12-16-22(31-2)17-13-20)34-26(27(29)33-4)25(32-3)19-8-6-5-7-9-19/h10-17,19,23-26,28H,5-9H2,1-4H3/t23-,24-,25-,26-/m0/s1. The second kappa shape index (κ2) is 12.7. The molecule has 2 aromatic carbocycles. The number of carbonyl (C=O) groups is 1. The Morgan fingerprint density at radius 2 is 1.35 bits per heavy atom. The van der Waals surface area contributed by atoms with Crippen LogP contribution < -0.4 is 9.47 Å². The Labute approximate surface area is 201 Å². The van der Waals surface area contributed by atoms with E-state index < -0.39 is 30.4 Å². The molecule has 7 nitrogen and oxygen atoms in total. The molecule has 1 aliphatic rings. The SMILES string of the molecule is COC(=O)[C@@H](O[C@@H](c1ccc(OC)cc1)[C@@H](O)c1ccc(OC)cc1)[C@@H](OC)C1CCCCC1. The van der Waals surface area contributed by atoms with Crippen molar-refractivity contribution >= 4 is 5.97 Å². The highest BCUT2D eigenvalue weighted by Gasteiger charge is 2.40. The molecule has 3 rings (SSSR count). The number of carbonyl (C=O) groups excluding carboxylic acids is 1. The number of esters is 1. The van der Waals surface area contributed by atoms with E-state index in [1.807, 2.05) is 12.1 Å². The molecular weight excluding hydrogens is 436 g/mol. The molecule has 2 aromatic rings. The average molecular weight is 473 g/mol. The van der Waals surface area contributed by atoms with Crippen LogP contribution in [0.1, 0.15) is 55.4 Å². The highest BCUT2D eigenvalue weighted by atomic mass is 16.6. The quantitative estimate of drug-likeness (QED) is 0.477. The predicted octanol–water partition coefficient (Wildman–Crippen LogP) is 4.63. The van der Waals surface area contributed by atoms with Gasteiger partial charge in [-0.3, -0.25) is 0 Å². The minimum Gasteiger partial charge on any atom is -0.497 e. The van der Waals surface area contributed by atoms with Gasteiger partial charge in [-0.05, 0) is 54.2 Å². The number of hydrogen-bond acceptors (Lipinski definition) is 7. The Kier molecular flexibility index (Phi) is 9.74. The van der Waals surface area contributed by atoms with Gasteiger partial charge in [-0.15, -0.1) is 0 Å². The molecule has 0 heterocycles. The molecule has 0 spiro atoms. The third-order valence-corrected chi connectivity index (χ3v) is 6.60. The topological polar surface area (TPSA) is 83.5 Å². The lowest BCUT2D eigenvalue weighted by Gasteiger charge is -2.36. The molecule has 1 fully saturated rings. The second-order valence-corrected chi connectivity index (χ2v) is 8.59. The van der Waals surface area contributed by atoms with Gasteiger partial charge in [-0.1, -0.05) is 43.5 Å². The van der Waals surface area contributed by atoms with E-state index >= 15 is 0 Å². The summed E-state index contributed by atoms with van der Waals surface area (Å²) in [4.78, 5) is 12.9. The van der Waals surface area contributed by atoms with E-state index in [9.17, 15) is 9.90 Å². The molecule has 186 valence electrons. The lowest BCUT2D eigenvalue weighted by atomic mass is 9.83.